The standard InChI is InChI=1S/C15H21NO3/c1-11(10-14(17)19-15(2,3)4)16-12-6-8-13(18-5)9-7-12/h6-10,16H,1-5H3/b11-10-. The fourth-order valence-electron chi connectivity index (χ4n) is 1.45. The zero-order chi connectivity index (χ0) is 14.5. The van der Waals surface area contributed by atoms with Crippen LogP contribution in [0.5, 0.6) is 5.75 Å². The van der Waals surface area contributed by atoms with Crippen molar-refractivity contribution < 1.29 is 14.3 Å². The normalized spacial score (nSPS) is 11.9. The van der Waals surface area contributed by atoms with Crippen molar-refractivity contribution in [1.82, 2.24) is 0 Å². The van der Waals surface area contributed by atoms with Gasteiger partial charge in [0.1, 0.15) is 11.4 Å². The van der Waals surface area contributed by atoms with Gasteiger partial charge in [0, 0.05) is 17.5 Å². The fourth-order valence-corrected chi connectivity index (χ4v) is 1.45. The van der Waals surface area contributed by atoms with Gasteiger partial charge in [0.15, 0.2) is 0 Å². The quantitative estimate of drug-likeness (QED) is 0.668. The Morgan fingerprint density at radius 1 is 1.21 bits per heavy atom. The van der Waals surface area contributed by atoms with Crippen molar-refractivity contribution in [3.8, 4) is 5.75 Å². The summed E-state index contributed by atoms with van der Waals surface area (Å²) < 4.78 is 10.3. The van der Waals surface area contributed by atoms with E-state index in [2.05, 4.69) is 5.32 Å². The second kappa shape index (κ2) is 6.27. The average molecular weight is 263 g/mol. The van der Waals surface area contributed by atoms with E-state index in [1.54, 1.807) is 7.11 Å². The number of ether oxygens (including phenoxy) is 2. The molecule has 0 saturated carbocycles. The van der Waals surface area contributed by atoms with Crippen LogP contribution in [0.3, 0.4) is 0 Å². The van der Waals surface area contributed by atoms with Crippen LogP contribution in [-0.4, -0.2) is 18.7 Å². The summed E-state index contributed by atoms with van der Waals surface area (Å²) in [4.78, 5) is 11.6. The average Bonchev–Trinajstić information content (AvgIpc) is 2.27. The lowest BCUT2D eigenvalue weighted by molar-refractivity contribution is -0.148. The van der Waals surface area contributed by atoms with Gasteiger partial charge in [-0.25, -0.2) is 4.79 Å². The molecule has 4 nitrogen and oxygen atoms in total. The van der Waals surface area contributed by atoms with Gasteiger partial charge in [-0.3, -0.25) is 0 Å². The molecule has 1 aromatic rings. The lowest BCUT2D eigenvalue weighted by atomic mass is 10.2. The molecule has 0 unspecified atom stereocenters. The predicted molar refractivity (Wildman–Crippen MR) is 76.2 cm³/mol. The summed E-state index contributed by atoms with van der Waals surface area (Å²) in [5.41, 5.74) is 1.13. The van der Waals surface area contributed by atoms with Crippen LogP contribution in [0.2, 0.25) is 0 Å². The molecule has 0 fully saturated rings. The Hall–Kier alpha value is -1.97. The van der Waals surface area contributed by atoms with Crippen LogP contribution in [0, 0.1) is 0 Å². The van der Waals surface area contributed by atoms with E-state index in [0.717, 1.165) is 17.1 Å². The number of methoxy groups -OCH3 is 1. The van der Waals surface area contributed by atoms with E-state index >= 15 is 0 Å². The first kappa shape index (κ1) is 15.1. The van der Waals surface area contributed by atoms with Crippen molar-refractivity contribution in [3.05, 3.63) is 36.0 Å². The van der Waals surface area contributed by atoms with E-state index in [0.29, 0.717) is 0 Å². The van der Waals surface area contributed by atoms with Crippen molar-refractivity contribution in [2.75, 3.05) is 12.4 Å². The smallest absolute Gasteiger partial charge is 0.333 e. The van der Waals surface area contributed by atoms with Crippen molar-refractivity contribution in [2.45, 2.75) is 33.3 Å². The topological polar surface area (TPSA) is 47.6 Å². The van der Waals surface area contributed by atoms with Crippen LogP contribution in [0.15, 0.2) is 36.0 Å². The van der Waals surface area contributed by atoms with Crippen molar-refractivity contribution in [2.24, 2.45) is 0 Å². The summed E-state index contributed by atoms with van der Waals surface area (Å²) in [6.45, 7) is 7.33. The summed E-state index contributed by atoms with van der Waals surface area (Å²) in [6.07, 6.45) is 1.44. The van der Waals surface area contributed by atoms with Gasteiger partial charge in [0.2, 0.25) is 0 Å². The van der Waals surface area contributed by atoms with Crippen LogP contribution >= 0.6 is 0 Å². The highest BCUT2D eigenvalue weighted by Gasteiger charge is 2.14. The molecule has 1 aromatic carbocycles. The molecular weight excluding hydrogens is 242 g/mol. The molecular formula is C15H21NO3. The minimum absolute atomic E-state index is 0.356. The molecule has 4 heteroatoms. The third-order valence-electron chi connectivity index (χ3n) is 2.17. The highest BCUT2D eigenvalue weighted by Crippen LogP contribution is 2.16. The summed E-state index contributed by atoms with van der Waals surface area (Å²) >= 11 is 0. The summed E-state index contributed by atoms with van der Waals surface area (Å²) in [5.74, 6) is 0.435. The van der Waals surface area contributed by atoms with Gasteiger partial charge in [-0.2, -0.15) is 0 Å². The molecule has 0 spiro atoms. The maximum Gasteiger partial charge on any atom is 0.333 e. The number of carbonyl (C=O) groups excluding carboxylic acids is 1. The Kier molecular flexibility index (Phi) is 4.98. The van der Waals surface area contributed by atoms with Gasteiger partial charge in [-0.1, -0.05) is 0 Å². The second-order valence-electron chi connectivity index (χ2n) is 5.21. The number of benzene rings is 1. The van der Waals surface area contributed by atoms with Crippen LogP contribution in [0.1, 0.15) is 27.7 Å². The minimum Gasteiger partial charge on any atom is -0.497 e. The Morgan fingerprint density at radius 2 is 1.79 bits per heavy atom. The predicted octanol–water partition coefficient (Wildman–Crippen LogP) is 3.35. The first-order chi connectivity index (χ1) is 8.80. The minimum atomic E-state index is -0.478. The number of carbonyl (C=O) groups is 1. The maximum atomic E-state index is 11.6. The lowest BCUT2D eigenvalue weighted by Crippen LogP contribution is -2.23. The van der Waals surface area contributed by atoms with Crippen LogP contribution in [0.25, 0.3) is 0 Å². The van der Waals surface area contributed by atoms with Crippen LogP contribution < -0.4 is 10.1 Å². The van der Waals surface area contributed by atoms with Crippen LogP contribution in [0.4, 0.5) is 5.69 Å². The summed E-state index contributed by atoms with van der Waals surface area (Å²) in [7, 11) is 1.62. The number of anilines is 1. The van der Waals surface area contributed by atoms with E-state index in [9.17, 15) is 4.79 Å². The Morgan fingerprint density at radius 3 is 2.26 bits per heavy atom. The molecule has 0 bridgehead atoms. The molecule has 104 valence electrons. The van der Waals surface area contributed by atoms with Gasteiger partial charge in [0.25, 0.3) is 0 Å². The molecule has 0 aliphatic carbocycles. The Bertz CT molecular complexity index is 455. The van der Waals surface area contributed by atoms with Gasteiger partial charge in [-0.15, -0.1) is 0 Å². The monoisotopic (exact) mass is 263 g/mol. The van der Waals surface area contributed by atoms with E-state index in [4.69, 9.17) is 9.47 Å². The first-order valence-electron chi connectivity index (χ1n) is 6.12. The summed E-state index contributed by atoms with van der Waals surface area (Å²) in [5, 5.41) is 3.11. The number of rotatable bonds is 4. The number of nitrogens with one attached hydrogen (secondary N) is 1. The van der Waals surface area contributed by atoms with Crippen molar-refractivity contribution in [3.63, 3.8) is 0 Å². The molecule has 0 atom stereocenters. The van der Waals surface area contributed by atoms with Gasteiger partial charge in [0.05, 0.1) is 7.11 Å². The van der Waals surface area contributed by atoms with Crippen LogP contribution in [-0.2, 0) is 9.53 Å². The molecule has 19 heavy (non-hydrogen) atoms. The number of esters is 1. The van der Waals surface area contributed by atoms with E-state index in [1.807, 2.05) is 52.0 Å². The largest absolute Gasteiger partial charge is 0.497 e. The van der Waals surface area contributed by atoms with Gasteiger partial charge in [-0.05, 0) is 52.0 Å². The zero-order valence-corrected chi connectivity index (χ0v) is 12.1. The molecule has 0 aromatic heterocycles. The number of hydrogen-bond donors (Lipinski definition) is 1. The number of hydrogen-bond acceptors (Lipinski definition) is 4. The highest BCUT2D eigenvalue weighted by atomic mass is 16.6. The maximum absolute atomic E-state index is 11.6. The number of allylic oxidation sites excluding steroid dienone is 1. The third kappa shape index (κ3) is 5.95. The molecule has 0 radical (unpaired) electrons. The first-order valence-corrected chi connectivity index (χ1v) is 6.12. The SMILES string of the molecule is COc1ccc(N/C(C)=C\C(=O)OC(C)(C)C)cc1. The summed E-state index contributed by atoms with van der Waals surface area (Å²) in [6, 6.07) is 7.46. The molecule has 1 N–H and O–H groups in total. The van der Waals surface area contributed by atoms with E-state index in [-0.39, 0.29) is 5.97 Å². The lowest BCUT2D eigenvalue weighted by Gasteiger charge is -2.18. The third-order valence-corrected chi connectivity index (χ3v) is 2.17. The van der Waals surface area contributed by atoms with Crippen molar-refractivity contribution >= 4 is 11.7 Å². The molecule has 0 heterocycles. The van der Waals surface area contributed by atoms with Gasteiger partial charge < -0.3 is 14.8 Å². The Labute approximate surface area is 114 Å². The van der Waals surface area contributed by atoms with E-state index < -0.39 is 5.60 Å². The second-order valence-corrected chi connectivity index (χ2v) is 5.21. The van der Waals surface area contributed by atoms with Gasteiger partial charge >= 0.3 is 5.97 Å². The van der Waals surface area contributed by atoms with E-state index in [1.165, 1.54) is 6.08 Å². The molecule has 0 aliphatic heterocycles. The molecule has 0 aliphatic rings. The fraction of sp³-hybridized carbons (Fsp3) is 0.400. The Balaban J connectivity index is 2.62. The molecule has 0 amide bonds. The highest BCUT2D eigenvalue weighted by molar-refractivity contribution is 5.83. The van der Waals surface area contributed by atoms with Crippen molar-refractivity contribution in [1.29, 1.82) is 0 Å². The molecule has 1 rings (SSSR count). The molecule has 0 saturated heterocycles. The zero-order valence-electron chi connectivity index (χ0n) is 12.1.